The van der Waals surface area contributed by atoms with E-state index in [9.17, 15) is 19.2 Å². The van der Waals surface area contributed by atoms with Gasteiger partial charge in [-0.2, -0.15) is 0 Å². The lowest BCUT2D eigenvalue weighted by Gasteiger charge is -2.29. The van der Waals surface area contributed by atoms with Crippen molar-refractivity contribution in [2.45, 2.75) is 82.5 Å². The zero-order valence-electron chi connectivity index (χ0n) is 23.5. The van der Waals surface area contributed by atoms with E-state index in [4.69, 9.17) is 9.72 Å². The number of carbonyl (C=O) groups excluding carboxylic acids is 4. The Labute approximate surface area is 246 Å². The number of fused-ring (bicyclic) bond motifs is 2. The molecule has 1 saturated carbocycles. The fraction of sp³-hybridized carbons (Fsp3) is 0.467. The molecule has 4 aliphatic rings. The summed E-state index contributed by atoms with van der Waals surface area (Å²) in [6, 6.07) is 6.53. The van der Waals surface area contributed by atoms with E-state index in [1.165, 1.54) is 23.3 Å². The fourth-order valence-electron chi connectivity index (χ4n) is 6.06. The van der Waals surface area contributed by atoms with E-state index in [2.05, 4.69) is 33.1 Å². The molecule has 2 atom stereocenters. The summed E-state index contributed by atoms with van der Waals surface area (Å²) in [6.45, 7) is 4.74. The number of nitrogens with one attached hydrogen (secondary N) is 3. The molecule has 7 rings (SSSR count). The third-order valence-corrected chi connectivity index (χ3v) is 9.77. The van der Waals surface area contributed by atoms with Crippen molar-refractivity contribution >= 4 is 51.1 Å². The van der Waals surface area contributed by atoms with Crippen LogP contribution in [-0.2, 0) is 26.4 Å². The summed E-state index contributed by atoms with van der Waals surface area (Å²) in [7, 11) is 0. The number of ether oxygens (including phenoxy) is 1. The number of amides is 5. The van der Waals surface area contributed by atoms with E-state index in [0.29, 0.717) is 23.0 Å². The van der Waals surface area contributed by atoms with Crippen molar-refractivity contribution < 1.29 is 23.9 Å². The van der Waals surface area contributed by atoms with Crippen LogP contribution in [0.1, 0.15) is 96.6 Å². The smallest absolute Gasteiger partial charge is 0.321 e. The van der Waals surface area contributed by atoms with Crippen LogP contribution in [0.2, 0.25) is 0 Å². The van der Waals surface area contributed by atoms with E-state index in [1.54, 1.807) is 23.5 Å². The average Bonchev–Trinajstić information content (AvgIpc) is 3.32. The zero-order valence-corrected chi connectivity index (χ0v) is 24.3. The van der Waals surface area contributed by atoms with Crippen molar-refractivity contribution in [2.24, 2.45) is 0 Å². The van der Waals surface area contributed by atoms with Crippen molar-refractivity contribution in [3.05, 3.63) is 51.7 Å². The Hall–Kier alpha value is -3.90. The van der Waals surface area contributed by atoms with Gasteiger partial charge in [0.1, 0.15) is 16.9 Å². The van der Waals surface area contributed by atoms with E-state index < -0.39 is 23.5 Å². The summed E-state index contributed by atoms with van der Waals surface area (Å²) in [5, 5.41) is 8.91. The second-order valence-corrected chi connectivity index (χ2v) is 13.1. The van der Waals surface area contributed by atoms with Gasteiger partial charge < -0.3 is 15.0 Å². The molecule has 11 nitrogen and oxygen atoms in total. The second kappa shape index (κ2) is 10.1. The first-order chi connectivity index (χ1) is 20.2. The van der Waals surface area contributed by atoms with Gasteiger partial charge >= 0.3 is 6.03 Å². The molecule has 2 saturated heterocycles. The molecule has 5 amide bonds. The largest absolute Gasteiger partial charge is 0.373 e. The molecule has 1 unspecified atom stereocenters. The summed E-state index contributed by atoms with van der Waals surface area (Å²) in [5.74, 6) is -0.223. The van der Waals surface area contributed by atoms with Gasteiger partial charge in [-0.05, 0) is 75.6 Å². The number of hydrogen-bond donors (Lipinski definition) is 3. The molecule has 3 aliphatic heterocycles. The Morgan fingerprint density at radius 1 is 1.12 bits per heavy atom. The number of carbonyl (C=O) groups is 4. The molecule has 5 heterocycles. The quantitative estimate of drug-likeness (QED) is 0.366. The number of benzene rings is 1. The van der Waals surface area contributed by atoms with Gasteiger partial charge in [0.25, 0.3) is 5.91 Å². The highest BCUT2D eigenvalue weighted by molar-refractivity contribution is 7.18. The van der Waals surface area contributed by atoms with Crippen LogP contribution in [0.25, 0.3) is 10.2 Å². The highest BCUT2D eigenvalue weighted by Gasteiger charge is 2.40. The Morgan fingerprint density at radius 3 is 2.69 bits per heavy atom. The maximum atomic E-state index is 13.1. The summed E-state index contributed by atoms with van der Waals surface area (Å²) in [5.41, 5.74) is 3.54. The van der Waals surface area contributed by atoms with Crippen LogP contribution in [0.4, 0.5) is 10.6 Å². The molecule has 42 heavy (non-hydrogen) atoms. The van der Waals surface area contributed by atoms with Gasteiger partial charge in [0.15, 0.2) is 0 Å². The number of anilines is 1. The standard InChI is InChI=1S/C30H32N6O5S/c1-30(2,28-34-25-18(21-4-3-11-41-21)12-16(15-5-6-15)13-22(25)42-28)35-29(40)32-23-9-7-17-19(31-23)14-36(27(17)39)20-8-10-24(37)33-26(20)38/h7,9,12-13,15,20-21H,3-6,8,10-11,14H2,1-2H3,(H,33,37,38)(H2,31,32,35,40)/t20?,21-/m0/s1. The zero-order chi connectivity index (χ0) is 29.2. The van der Waals surface area contributed by atoms with Crippen LogP contribution >= 0.6 is 11.3 Å². The number of rotatable bonds is 6. The predicted molar refractivity (Wildman–Crippen MR) is 155 cm³/mol. The predicted octanol–water partition coefficient (Wildman–Crippen LogP) is 4.24. The maximum absolute atomic E-state index is 13.1. The monoisotopic (exact) mass is 588 g/mol. The topological polar surface area (TPSA) is 143 Å². The highest BCUT2D eigenvalue weighted by atomic mass is 32.1. The number of piperidine rings is 1. The summed E-state index contributed by atoms with van der Waals surface area (Å²) >= 11 is 1.59. The fourth-order valence-corrected chi connectivity index (χ4v) is 7.16. The van der Waals surface area contributed by atoms with Gasteiger partial charge in [-0.3, -0.25) is 25.0 Å². The van der Waals surface area contributed by atoms with Crippen molar-refractivity contribution in [1.29, 1.82) is 0 Å². The molecule has 2 aromatic heterocycles. The number of pyridine rings is 1. The average molecular weight is 589 g/mol. The minimum absolute atomic E-state index is 0.0594. The molecule has 218 valence electrons. The lowest BCUT2D eigenvalue weighted by molar-refractivity contribution is -0.136. The van der Waals surface area contributed by atoms with Crippen molar-refractivity contribution in [3.8, 4) is 0 Å². The Morgan fingerprint density at radius 2 is 1.95 bits per heavy atom. The number of thiazole rings is 1. The van der Waals surface area contributed by atoms with Crippen LogP contribution in [0.15, 0.2) is 24.3 Å². The molecular formula is C30H32N6O5S. The van der Waals surface area contributed by atoms with Gasteiger partial charge in [-0.1, -0.05) is 6.07 Å². The van der Waals surface area contributed by atoms with Crippen LogP contribution in [0.5, 0.6) is 0 Å². The molecule has 3 aromatic rings. The van der Waals surface area contributed by atoms with Crippen LogP contribution < -0.4 is 16.0 Å². The van der Waals surface area contributed by atoms with Gasteiger partial charge in [0, 0.05) is 18.6 Å². The molecule has 0 radical (unpaired) electrons. The molecule has 3 fully saturated rings. The summed E-state index contributed by atoms with van der Waals surface area (Å²) in [4.78, 5) is 60.9. The lowest BCUT2D eigenvalue weighted by Crippen LogP contribution is -2.52. The van der Waals surface area contributed by atoms with Crippen LogP contribution in [-0.4, -0.2) is 51.3 Å². The van der Waals surface area contributed by atoms with Gasteiger partial charge in [-0.15, -0.1) is 11.3 Å². The Bertz CT molecular complexity index is 1640. The van der Waals surface area contributed by atoms with E-state index in [1.807, 2.05) is 13.8 Å². The van der Waals surface area contributed by atoms with Crippen LogP contribution in [0, 0.1) is 0 Å². The Balaban J connectivity index is 1.07. The van der Waals surface area contributed by atoms with Crippen molar-refractivity contribution in [2.75, 3.05) is 11.9 Å². The summed E-state index contributed by atoms with van der Waals surface area (Å²) in [6.07, 6.45) is 4.98. The number of urea groups is 1. The summed E-state index contributed by atoms with van der Waals surface area (Å²) < 4.78 is 7.15. The second-order valence-electron chi connectivity index (χ2n) is 12.0. The highest BCUT2D eigenvalue weighted by Crippen LogP contribution is 2.45. The van der Waals surface area contributed by atoms with E-state index in [-0.39, 0.29) is 37.3 Å². The van der Waals surface area contributed by atoms with Gasteiger partial charge in [0.05, 0.1) is 39.7 Å². The Kier molecular flexibility index (Phi) is 6.50. The third-order valence-electron chi connectivity index (χ3n) is 8.45. The molecule has 1 aliphatic carbocycles. The van der Waals surface area contributed by atoms with Crippen LogP contribution in [0.3, 0.4) is 0 Å². The molecule has 0 spiro atoms. The SMILES string of the molecule is CC(C)(NC(=O)Nc1ccc2c(n1)CN(C1CCC(=O)NC1=O)C2=O)c1nc2c([C@@H]3CCCO3)cc(C3CC3)cc2s1. The first kappa shape index (κ1) is 27.0. The third kappa shape index (κ3) is 4.92. The van der Waals surface area contributed by atoms with Gasteiger partial charge in [-0.25, -0.2) is 14.8 Å². The van der Waals surface area contributed by atoms with E-state index in [0.717, 1.165) is 40.2 Å². The van der Waals surface area contributed by atoms with E-state index >= 15 is 0 Å². The minimum atomic E-state index is -0.767. The first-order valence-corrected chi connectivity index (χ1v) is 15.3. The molecule has 3 N–H and O–H groups in total. The van der Waals surface area contributed by atoms with Crippen molar-refractivity contribution in [1.82, 2.24) is 25.5 Å². The number of imide groups is 1. The first-order valence-electron chi connectivity index (χ1n) is 14.5. The van der Waals surface area contributed by atoms with Crippen molar-refractivity contribution in [3.63, 3.8) is 0 Å². The molecule has 0 bridgehead atoms. The van der Waals surface area contributed by atoms with Gasteiger partial charge in [0.2, 0.25) is 11.8 Å². The minimum Gasteiger partial charge on any atom is -0.373 e. The molecular weight excluding hydrogens is 556 g/mol. The number of hydrogen-bond acceptors (Lipinski definition) is 8. The number of aromatic nitrogens is 2. The molecule has 1 aromatic carbocycles. The number of nitrogens with zero attached hydrogens (tertiary/aromatic N) is 3. The normalized spacial score (nSPS) is 22.4. The molecule has 12 heteroatoms. The lowest BCUT2D eigenvalue weighted by atomic mass is 10.00. The maximum Gasteiger partial charge on any atom is 0.321 e.